The minimum atomic E-state index is -2.59. The topological polar surface area (TPSA) is 53.1 Å². The molecule has 22 heavy (non-hydrogen) atoms. The Morgan fingerprint density at radius 1 is 1.05 bits per heavy atom. The van der Waals surface area contributed by atoms with Crippen molar-refractivity contribution < 1.29 is 18.7 Å². The van der Waals surface area contributed by atoms with Crippen LogP contribution in [0.1, 0.15) is 27.4 Å². The van der Waals surface area contributed by atoms with E-state index in [4.69, 9.17) is 5.11 Å². The minimum Gasteiger partial charge on any atom is -0.478 e. The zero-order chi connectivity index (χ0) is 15.7. The van der Waals surface area contributed by atoms with Gasteiger partial charge in [-0.3, -0.25) is 0 Å². The number of aromatic carboxylic acids is 1. The summed E-state index contributed by atoms with van der Waals surface area (Å²) in [6.45, 7) is 0. The van der Waals surface area contributed by atoms with Crippen molar-refractivity contribution in [2.75, 3.05) is 0 Å². The number of fused-ring (bicyclic) bond motifs is 1. The predicted molar refractivity (Wildman–Crippen MR) is 79.5 cm³/mol. The quantitative estimate of drug-likeness (QED) is 0.756. The Morgan fingerprint density at radius 3 is 2.36 bits per heavy atom. The van der Waals surface area contributed by atoms with Crippen molar-refractivity contribution in [1.82, 2.24) is 4.98 Å². The van der Waals surface area contributed by atoms with E-state index >= 15 is 0 Å². The first kappa shape index (κ1) is 14.3. The molecule has 0 spiro atoms. The number of hydrogen-bond donors (Lipinski definition) is 2. The molecule has 0 saturated carbocycles. The Balaban J connectivity index is 2.08. The third-order valence-corrected chi connectivity index (χ3v) is 3.73. The summed E-state index contributed by atoms with van der Waals surface area (Å²) in [6.07, 6.45) is -0.998. The molecule has 3 rings (SSSR count). The van der Waals surface area contributed by atoms with Crippen LogP contribution in [0.25, 0.3) is 10.9 Å². The van der Waals surface area contributed by atoms with E-state index in [1.165, 1.54) is 24.3 Å². The molecule has 0 aliphatic heterocycles. The number of alkyl halides is 2. The van der Waals surface area contributed by atoms with Crippen molar-refractivity contribution in [3.63, 3.8) is 0 Å². The highest BCUT2D eigenvalue weighted by molar-refractivity contribution is 5.88. The van der Waals surface area contributed by atoms with Crippen LogP contribution < -0.4 is 0 Å². The van der Waals surface area contributed by atoms with Crippen LogP contribution in [-0.2, 0) is 0 Å². The summed E-state index contributed by atoms with van der Waals surface area (Å²) in [5.41, 5.74) is 1.78. The van der Waals surface area contributed by atoms with E-state index in [1.54, 1.807) is 18.3 Å². The van der Waals surface area contributed by atoms with E-state index in [-0.39, 0.29) is 5.56 Å². The Morgan fingerprint density at radius 2 is 1.73 bits per heavy atom. The van der Waals surface area contributed by atoms with Gasteiger partial charge in [-0.1, -0.05) is 30.3 Å². The Hall–Kier alpha value is -2.69. The van der Waals surface area contributed by atoms with Gasteiger partial charge in [0, 0.05) is 17.1 Å². The standard InChI is InChI=1S/C17H13F2NO2/c18-16(19)15(10-5-7-11(8-6-10)17(21)22)13-9-20-14-4-2-1-3-12(13)14/h1-9,15-16,20H,(H,21,22). The summed E-state index contributed by atoms with van der Waals surface area (Å²) in [5, 5.41) is 9.64. The molecule has 0 saturated heterocycles. The van der Waals surface area contributed by atoms with Gasteiger partial charge in [0.25, 0.3) is 0 Å². The van der Waals surface area contributed by atoms with Crippen molar-refractivity contribution in [2.24, 2.45) is 0 Å². The van der Waals surface area contributed by atoms with Crippen LogP contribution in [0.2, 0.25) is 0 Å². The van der Waals surface area contributed by atoms with Gasteiger partial charge in [0.2, 0.25) is 6.43 Å². The third kappa shape index (κ3) is 2.45. The maximum absolute atomic E-state index is 13.6. The summed E-state index contributed by atoms with van der Waals surface area (Å²) in [7, 11) is 0. The van der Waals surface area contributed by atoms with Gasteiger partial charge in [-0.05, 0) is 29.3 Å². The lowest BCUT2D eigenvalue weighted by Gasteiger charge is -2.16. The van der Waals surface area contributed by atoms with Crippen molar-refractivity contribution in [3.8, 4) is 0 Å². The first-order chi connectivity index (χ1) is 10.6. The molecule has 2 aromatic carbocycles. The van der Waals surface area contributed by atoms with Gasteiger partial charge < -0.3 is 10.1 Å². The number of nitrogens with one attached hydrogen (secondary N) is 1. The van der Waals surface area contributed by atoms with Crippen LogP contribution in [0, 0.1) is 0 Å². The van der Waals surface area contributed by atoms with Gasteiger partial charge >= 0.3 is 5.97 Å². The van der Waals surface area contributed by atoms with E-state index in [9.17, 15) is 13.6 Å². The van der Waals surface area contributed by atoms with E-state index in [0.29, 0.717) is 11.1 Å². The fourth-order valence-corrected chi connectivity index (χ4v) is 2.65. The lowest BCUT2D eigenvalue weighted by atomic mass is 9.91. The second-order valence-corrected chi connectivity index (χ2v) is 5.03. The first-order valence-corrected chi connectivity index (χ1v) is 6.75. The molecule has 1 aromatic heterocycles. The van der Waals surface area contributed by atoms with Crippen molar-refractivity contribution in [1.29, 1.82) is 0 Å². The third-order valence-electron chi connectivity index (χ3n) is 3.73. The highest BCUT2D eigenvalue weighted by Crippen LogP contribution is 2.35. The molecule has 3 aromatic rings. The largest absolute Gasteiger partial charge is 0.478 e. The van der Waals surface area contributed by atoms with Crippen LogP contribution in [-0.4, -0.2) is 22.5 Å². The Labute approximate surface area is 125 Å². The lowest BCUT2D eigenvalue weighted by molar-refractivity contribution is 0.0697. The maximum atomic E-state index is 13.6. The van der Waals surface area contributed by atoms with E-state index < -0.39 is 18.3 Å². The fraction of sp³-hybridized carbons (Fsp3) is 0.118. The molecule has 112 valence electrons. The molecule has 2 N–H and O–H groups in total. The highest BCUT2D eigenvalue weighted by atomic mass is 19.3. The van der Waals surface area contributed by atoms with Gasteiger partial charge in [0.1, 0.15) is 0 Å². The number of para-hydroxylation sites is 1. The number of carboxylic acid groups (broad SMARTS) is 1. The summed E-state index contributed by atoms with van der Waals surface area (Å²) >= 11 is 0. The molecule has 1 unspecified atom stereocenters. The monoisotopic (exact) mass is 301 g/mol. The number of H-pyrrole nitrogens is 1. The van der Waals surface area contributed by atoms with Crippen molar-refractivity contribution >= 4 is 16.9 Å². The highest BCUT2D eigenvalue weighted by Gasteiger charge is 2.27. The summed E-state index contributed by atoms with van der Waals surface area (Å²) < 4.78 is 27.2. The van der Waals surface area contributed by atoms with Crippen LogP contribution in [0.5, 0.6) is 0 Å². The average Bonchev–Trinajstić information content (AvgIpc) is 2.92. The number of aromatic amines is 1. The number of halogens is 2. The molecule has 3 nitrogen and oxygen atoms in total. The first-order valence-electron chi connectivity index (χ1n) is 6.75. The molecule has 1 heterocycles. The van der Waals surface area contributed by atoms with Gasteiger partial charge in [-0.2, -0.15) is 0 Å². The zero-order valence-electron chi connectivity index (χ0n) is 11.5. The van der Waals surface area contributed by atoms with Crippen LogP contribution in [0.15, 0.2) is 54.7 Å². The summed E-state index contributed by atoms with van der Waals surface area (Å²) in [5.74, 6) is -2.17. The summed E-state index contributed by atoms with van der Waals surface area (Å²) in [4.78, 5) is 13.9. The van der Waals surface area contributed by atoms with Crippen molar-refractivity contribution in [2.45, 2.75) is 12.3 Å². The number of aromatic nitrogens is 1. The molecule has 1 atom stereocenters. The van der Waals surface area contributed by atoms with Crippen LogP contribution >= 0.6 is 0 Å². The second-order valence-electron chi connectivity index (χ2n) is 5.03. The number of rotatable bonds is 4. The number of carbonyl (C=O) groups is 1. The predicted octanol–water partition coefficient (Wildman–Crippen LogP) is 4.26. The van der Waals surface area contributed by atoms with Gasteiger partial charge in [0.15, 0.2) is 0 Å². The Bertz CT molecular complexity index is 809. The molecular weight excluding hydrogens is 288 g/mol. The number of hydrogen-bond acceptors (Lipinski definition) is 1. The molecule has 0 amide bonds. The summed E-state index contributed by atoms with van der Waals surface area (Å²) in [6, 6.07) is 12.8. The Kier molecular flexibility index (Phi) is 3.63. The molecule has 5 heteroatoms. The molecular formula is C17H13F2NO2. The molecule has 0 bridgehead atoms. The lowest BCUT2D eigenvalue weighted by Crippen LogP contribution is -2.11. The number of carboxylic acids is 1. The van der Waals surface area contributed by atoms with E-state index in [0.717, 1.165) is 10.9 Å². The van der Waals surface area contributed by atoms with Crippen LogP contribution in [0.4, 0.5) is 8.78 Å². The maximum Gasteiger partial charge on any atom is 0.335 e. The van der Waals surface area contributed by atoms with Crippen LogP contribution in [0.3, 0.4) is 0 Å². The van der Waals surface area contributed by atoms with Gasteiger partial charge in [-0.25, -0.2) is 13.6 Å². The van der Waals surface area contributed by atoms with Crippen molar-refractivity contribution in [3.05, 3.63) is 71.4 Å². The fourth-order valence-electron chi connectivity index (χ4n) is 2.65. The van der Waals surface area contributed by atoms with E-state index in [2.05, 4.69) is 4.98 Å². The second kappa shape index (κ2) is 5.60. The molecule has 0 aliphatic rings. The average molecular weight is 301 g/mol. The number of benzene rings is 2. The van der Waals surface area contributed by atoms with Gasteiger partial charge in [0.05, 0.1) is 11.5 Å². The molecule has 0 aliphatic carbocycles. The minimum absolute atomic E-state index is 0.0793. The smallest absolute Gasteiger partial charge is 0.335 e. The SMILES string of the molecule is O=C(O)c1ccc(C(c2c[nH]c3ccccc23)C(F)F)cc1. The normalized spacial score (nSPS) is 12.7. The molecule has 0 fully saturated rings. The zero-order valence-corrected chi connectivity index (χ0v) is 11.5. The molecule has 0 radical (unpaired) electrons. The van der Waals surface area contributed by atoms with Gasteiger partial charge in [-0.15, -0.1) is 0 Å². The van der Waals surface area contributed by atoms with E-state index in [1.807, 2.05) is 12.1 Å².